The zero-order valence-electron chi connectivity index (χ0n) is 10.7. The maximum Gasteiger partial charge on any atom is 0.0594 e. The molecule has 2 aliphatic heterocycles. The summed E-state index contributed by atoms with van der Waals surface area (Å²) >= 11 is 0. The molecule has 5 heteroatoms. The number of nitrogens with one attached hydrogen (secondary N) is 1. The first-order valence-corrected chi connectivity index (χ1v) is 6.76. The van der Waals surface area contributed by atoms with E-state index in [0.717, 1.165) is 78.8 Å². The number of nitrogens with zero attached hydrogens (tertiary/aromatic N) is 2. The molecule has 0 aromatic heterocycles. The molecule has 0 aromatic carbocycles. The van der Waals surface area contributed by atoms with Crippen LogP contribution < -0.4 is 5.32 Å². The number of piperazine rings is 1. The van der Waals surface area contributed by atoms with E-state index in [1.54, 1.807) is 0 Å². The van der Waals surface area contributed by atoms with Gasteiger partial charge in [-0.05, 0) is 0 Å². The lowest BCUT2D eigenvalue weighted by Crippen LogP contribution is -2.44. The molecule has 0 aliphatic carbocycles. The Hall–Kier alpha value is -0.200. The van der Waals surface area contributed by atoms with E-state index in [2.05, 4.69) is 15.1 Å². The normalized spacial score (nSPS) is 24.0. The van der Waals surface area contributed by atoms with Crippen LogP contribution in [0.4, 0.5) is 0 Å². The molecule has 0 bridgehead atoms. The van der Waals surface area contributed by atoms with Gasteiger partial charge in [0.2, 0.25) is 0 Å². The van der Waals surface area contributed by atoms with Gasteiger partial charge in [-0.3, -0.25) is 9.80 Å². The van der Waals surface area contributed by atoms with E-state index in [0.29, 0.717) is 0 Å². The SMILES string of the molecule is C1CN(CCOCCN2CCOCC2)CCN1. The van der Waals surface area contributed by atoms with Crippen molar-refractivity contribution in [1.82, 2.24) is 15.1 Å². The summed E-state index contributed by atoms with van der Waals surface area (Å²) in [5.74, 6) is 0. The topological polar surface area (TPSA) is 37.0 Å². The molecule has 1 N–H and O–H groups in total. The summed E-state index contributed by atoms with van der Waals surface area (Å²) in [5.41, 5.74) is 0. The van der Waals surface area contributed by atoms with Crippen molar-refractivity contribution in [3.63, 3.8) is 0 Å². The van der Waals surface area contributed by atoms with Crippen LogP contribution in [0.2, 0.25) is 0 Å². The van der Waals surface area contributed by atoms with E-state index in [1.165, 1.54) is 0 Å². The molecular formula is C12H25N3O2. The molecule has 0 radical (unpaired) electrons. The quantitative estimate of drug-likeness (QED) is 0.621. The van der Waals surface area contributed by atoms with E-state index in [1.807, 2.05) is 0 Å². The van der Waals surface area contributed by atoms with E-state index < -0.39 is 0 Å². The van der Waals surface area contributed by atoms with Crippen molar-refractivity contribution in [3.8, 4) is 0 Å². The van der Waals surface area contributed by atoms with Crippen molar-refractivity contribution >= 4 is 0 Å². The predicted molar refractivity (Wildman–Crippen MR) is 67.4 cm³/mol. The van der Waals surface area contributed by atoms with Gasteiger partial charge in [0.05, 0.1) is 26.4 Å². The Morgan fingerprint density at radius 1 is 0.882 bits per heavy atom. The van der Waals surface area contributed by atoms with Gasteiger partial charge in [0.15, 0.2) is 0 Å². The first-order chi connectivity index (χ1) is 8.45. The number of morpholine rings is 1. The molecule has 0 amide bonds. The molecule has 2 fully saturated rings. The van der Waals surface area contributed by atoms with E-state index >= 15 is 0 Å². The second-order valence-corrected chi connectivity index (χ2v) is 4.66. The molecular weight excluding hydrogens is 218 g/mol. The van der Waals surface area contributed by atoms with Crippen LogP contribution in [0.1, 0.15) is 0 Å². The third kappa shape index (κ3) is 5.31. The van der Waals surface area contributed by atoms with Crippen LogP contribution in [0.25, 0.3) is 0 Å². The minimum Gasteiger partial charge on any atom is -0.379 e. The van der Waals surface area contributed by atoms with Crippen molar-refractivity contribution in [2.75, 3.05) is 78.8 Å². The molecule has 2 heterocycles. The number of ether oxygens (including phenoxy) is 2. The van der Waals surface area contributed by atoms with Crippen molar-refractivity contribution < 1.29 is 9.47 Å². The lowest BCUT2D eigenvalue weighted by molar-refractivity contribution is 0.0175. The molecule has 100 valence electrons. The van der Waals surface area contributed by atoms with Gasteiger partial charge in [-0.25, -0.2) is 0 Å². The van der Waals surface area contributed by atoms with Crippen molar-refractivity contribution in [2.45, 2.75) is 0 Å². The lowest BCUT2D eigenvalue weighted by Gasteiger charge is -2.28. The first kappa shape index (κ1) is 13.2. The van der Waals surface area contributed by atoms with Gasteiger partial charge >= 0.3 is 0 Å². The summed E-state index contributed by atoms with van der Waals surface area (Å²) in [6, 6.07) is 0. The van der Waals surface area contributed by atoms with Crippen LogP contribution >= 0.6 is 0 Å². The molecule has 5 nitrogen and oxygen atoms in total. The summed E-state index contributed by atoms with van der Waals surface area (Å²) in [5, 5.41) is 3.36. The van der Waals surface area contributed by atoms with Gasteiger partial charge in [-0.2, -0.15) is 0 Å². The van der Waals surface area contributed by atoms with Gasteiger partial charge in [-0.15, -0.1) is 0 Å². The highest BCUT2D eigenvalue weighted by Gasteiger charge is 2.10. The number of rotatable bonds is 6. The lowest BCUT2D eigenvalue weighted by atomic mass is 10.3. The van der Waals surface area contributed by atoms with Crippen LogP contribution in [-0.4, -0.2) is 88.6 Å². The molecule has 0 unspecified atom stereocenters. The van der Waals surface area contributed by atoms with Crippen molar-refractivity contribution in [1.29, 1.82) is 0 Å². The molecule has 0 aromatic rings. The summed E-state index contributed by atoms with van der Waals surface area (Å²) in [4.78, 5) is 4.87. The van der Waals surface area contributed by atoms with E-state index in [4.69, 9.17) is 9.47 Å². The zero-order chi connectivity index (χ0) is 11.8. The van der Waals surface area contributed by atoms with Crippen LogP contribution in [0.5, 0.6) is 0 Å². The van der Waals surface area contributed by atoms with Crippen molar-refractivity contribution in [2.24, 2.45) is 0 Å². The molecule has 2 saturated heterocycles. The van der Waals surface area contributed by atoms with E-state index in [9.17, 15) is 0 Å². The third-order valence-electron chi connectivity index (χ3n) is 3.42. The fourth-order valence-electron chi connectivity index (χ4n) is 2.25. The molecule has 0 spiro atoms. The average molecular weight is 243 g/mol. The minimum atomic E-state index is 0.853. The third-order valence-corrected chi connectivity index (χ3v) is 3.42. The number of hydrogen-bond acceptors (Lipinski definition) is 5. The molecule has 17 heavy (non-hydrogen) atoms. The van der Waals surface area contributed by atoms with Crippen LogP contribution in [0.3, 0.4) is 0 Å². The highest BCUT2D eigenvalue weighted by atomic mass is 16.5. The second-order valence-electron chi connectivity index (χ2n) is 4.66. The minimum absolute atomic E-state index is 0.853. The number of hydrogen-bond donors (Lipinski definition) is 1. The fraction of sp³-hybridized carbons (Fsp3) is 1.00. The van der Waals surface area contributed by atoms with Crippen LogP contribution in [0, 0.1) is 0 Å². The summed E-state index contributed by atoms with van der Waals surface area (Å²) < 4.78 is 11.0. The van der Waals surface area contributed by atoms with Gasteiger partial charge < -0.3 is 14.8 Å². The van der Waals surface area contributed by atoms with Gasteiger partial charge in [-0.1, -0.05) is 0 Å². The largest absolute Gasteiger partial charge is 0.379 e. The van der Waals surface area contributed by atoms with E-state index in [-0.39, 0.29) is 0 Å². The average Bonchev–Trinajstić information content (AvgIpc) is 2.41. The molecule has 2 rings (SSSR count). The van der Waals surface area contributed by atoms with Gasteiger partial charge in [0.25, 0.3) is 0 Å². The maximum atomic E-state index is 5.69. The van der Waals surface area contributed by atoms with Crippen LogP contribution in [-0.2, 0) is 9.47 Å². The summed E-state index contributed by atoms with van der Waals surface area (Å²) in [7, 11) is 0. The Bertz CT molecular complexity index is 172. The second kappa shape index (κ2) is 8.00. The maximum absolute atomic E-state index is 5.69. The predicted octanol–water partition coefficient (Wildman–Crippen LogP) is -0.760. The Morgan fingerprint density at radius 2 is 1.47 bits per heavy atom. The monoisotopic (exact) mass is 243 g/mol. The summed E-state index contributed by atoms with van der Waals surface area (Å²) in [6.45, 7) is 12.3. The molecule has 2 aliphatic rings. The highest BCUT2D eigenvalue weighted by molar-refractivity contribution is 4.67. The van der Waals surface area contributed by atoms with Gasteiger partial charge in [0, 0.05) is 52.4 Å². The highest BCUT2D eigenvalue weighted by Crippen LogP contribution is 1.96. The smallest absolute Gasteiger partial charge is 0.0594 e. The molecule has 0 saturated carbocycles. The summed E-state index contributed by atoms with van der Waals surface area (Å²) in [6.07, 6.45) is 0. The standard InChI is InChI=1S/C12H25N3O2/c1-3-14(4-2-13-1)5-9-16-10-6-15-7-11-17-12-8-15/h13H,1-12H2. The Balaban J connectivity index is 1.42. The Labute approximate surface area is 104 Å². The van der Waals surface area contributed by atoms with Crippen molar-refractivity contribution in [3.05, 3.63) is 0 Å². The fourth-order valence-corrected chi connectivity index (χ4v) is 2.25. The molecule has 0 atom stereocenters. The zero-order valence-corrected chi connectivity index (χ0v) is 10.7. The Morgan fingerprint density at radius 3 is 2.12 bits per heavy atom. The van der Waals surface area contributed by atoms with Crippen LogP contribution in [0.15, 0.2) is 0 Å². The van der Waals surface area contributed by atoms with Gasteiger partial charge in [0.1, 0.15) is 0 Å². The Kier molecular flexibility index (Phi) is 6.23. The first-order valence-electron chi connectivity index (χ1n) is 6.76.